The maximum Gasteiger partial charge on any atom is 0.337 e. The predicted octanol–water partition coefficient (Wildman–Crippen LogP) is 5.06. The maximum absolute atomic E-state index is 13.0. The van der Waals surface area contributed by atoms with Crippen LogP contribution < -0.4 is 4.72 Å². The molecule has 0 aliphatic rings. The molecule has 0 amide bonds. The van der Waals surface area contributed by atoms with Crippen LogP contribution in [0.5, 0.6) is 0 Å². The van der Waals surface area contributed by atoms with Crippen LogP contribution >= 0.6 is 11.6 Å². The van der Waals surface area contributed by atoms with Crippen LogP contribution in [0.1, 0.15) is 17.3 Å². The van der Waals surface area contributed by atoms with Gasteiger partial charge in [0, 0.05) is 34.0 Å². The number of nitrogens with zero attached hydrogens (tertiary/aromatic N) is 1. The molecule has 0 fully saturated rings. The van der Waals surface area contributed by atoms with Crippen molar-refractivity contribution >= 4 is 55.1 Å². The van der Waals surface area contributed by atoms with Gasteiger partial charge in [0.05, 0.1) is 17.7 Å². The number of para-hydroxylation sites is 1. The van der Waals surface area contributed by atoms with Crippen molar-refractivity contribution in [2.45, 2.75) is 18.4 Å². The largest absolute Gasteiger partial charge is 0.465 e. The number of carbonyl (C=O) groups excluding carboxylic acids is 1. The van der Waals surface area contributed by atoms with E-state index < -0.39 is 16.0 Å². The zero-order valence-electron chi connectivity index (χ0n) is 16.3. The van der Waals surface area contributed by atoms with Gasteiger partial charge in [-0.15, -0.1) is 0 Å². The van der Waals surface area contributed by atoms with Gasteiger partial charge in [-0.3, -0.25) is 4.72 Å². The van der Waals surface area contributed by atoms with E-state index in [1.165, 1.54) is 25.3 Å². The molecule has 0 atom stereocenters. The topological polar surface area (TPSA) is 77.4 Å². The fourth-order valence-corrected chi connectivity index (χ4v) is 5.20. The molecule has 6 nitrogen and oxygen atoms in total. The SMILES string of the molecule is CCn1c2ccccc2c2cc(NS(=O)(=O)c3cc(C(=O)OC)ccc3Cl)ccc21. The van der Waals surface area contributed by atoms with E-state index in [1.54, 1.807) is 12.1 Å². The summed E-state index contributed by atoms with van der Waals surface area (Å²) in [5.41, 5.74) is 2.61. The van der Waals surface area contributed by atoms with Gasteiger partial charge >= 0.3 is 5.97 Å². The van der Waals surface area contributed by atoms with Crippen LogP contribution in [0.4, 0.5) is 5.69 Å². The first-order chi connectivity index (χ1) is 14.4. The van der Waals surface area contributed by atoms with Crippen molar-refractivity contribution in [2.24, 2.45) is 0 Å². The highest BCUT2D eigenvalue weighted by atomic mass is 35.5. The van der Waals surface area contributed by atoms with Crippen molar-refractivity contribution in [1.29, 1.82) is 0 Å². The third kappa shape index (κ3) is 3.40. The standard InChI is InChI=1S/C22H19ClN2O4S/c1-3-25-19-7-5-4-6-16(19)17-13-15(9-11-20(17)25)24-30(27,28)21-12-14(22(26)29-2)8-10-18(21)23/h4-13,24H,3H2,1-2H3. The van der Waals surface area contributed by atoms with Crippen LogP contribution in [0.2, 0.25) is 5.02 Å². The molecule has 0 saturated carbocycles. The number of hydrogen-bond donors (Lipinski definition) is 1. The summed E-state index contributed by atoms with van der Waals surface area (Å²) in [4.78, 5) is 11.6. The average molecular weight is 443 g/mol. The highest BCUT2D eigenvalue weighted by Gasteiger charge is 2.21. The minimum Gasteiger partial charge on any atom is -0.465 e. The van der Waals surface area contributed by atoms with Gasteiger partial charge in [-0.25, -0.2) is 13.2 Å². The second-order valence-corrected chi connectivity index (χ2v) is 8.79. The average Bonchev–Trinajstić information content (AvgIpc) is 3.06. The summed E-state index contributed by atoms with van der Waals surface area (Å²) in [7, 11) is -2.80. The third-order valence-corrected chi connectivity index (χ3v) is 6.85. The summed E-state index contributed by atoms with van der Waals surface area (Å²) in [5, 5.41) is 2.00. The number of aromatic nitrogens is 1. The summed E-state index contributed by atoms with van der Waals surface area (Å²) in [6.45, 7) is 2.86. The molecule has 30 heavy (non-hydrogen) atoms. The molecule has 8 heteroatoms. The van der Waals surface area contributed by atoms with Crippen LogP contribution in [0.25, 0.3) is 21.8 Å². The maximum atomic E-state index is 13.0. The summed E-state index contributed by atoms with van der Waals surface area (Å²) in [6.07, 6.45) is 0. The van der Waals surface area contributed by atoms with Crippen LogP contribution in [0, 0.1) is 0 Å². The van der Waals surface area contributed by atoms with E-state index in [0.717, 1.165) is 28.4 Å². The van der Waals surface area contributed by atoms with Crippen molar-refractivity contribution in [2.75, 3.05) is 11.8 Å². The van der Waals surface area contributed by atoms with E-state index in [9.17, 15) is 13.2 Å². The number of methoxy groups -OCH3 is 1. The number of ether oxygens (including phenoxy) is 1. The second-order valence-electron chi connectivity index (χ2n) is 6.74. The molecule has 0 spiro atoms. The lowest BCUT2D eigenvalue weighted by Crippen LogP contribution is -2.14. The van der Waals surface area contributed by atoms with E-state index >= 15 is 0 Å². The van der Waals surface area contributed by atoms with Crippen LogP contribution in [-0.4, -0.2) is 26.1 Å². The fraction of sp³-hybridized carbons (Fsp3) is 0.136. The Bertz CT molecular complexity index is 1390. The van der Waals surface area contributed by atoms with Gasteiger partial charge in [0.25, 0.3) is 10.0 Å². The number of rotatable bonds is 5. The van der Waals surface area contributed by atoms with E-state index in [1.807, 2.05) is 30.3 Å². The van der Waals surface area contributed by atoms with E-state index in [0.29, 0.717) is 5.69 Å². The Labute approximate surface area is 179 Å². The Hall–Kier alpha value is -3.03. The molecule has 0 bridgehead atoms. The number of halogens is 1. The molecule has 0 unspecified atom stereocenters. The number of hydrogen-bond acceptors (Lipinski definition) is 4. The quantitative estimate of drug-likeness (QED) is 0.438. The molecule has 0 aliphatic heterocycles. The highest BCUT2D eigenvalue weighted by molar-refractivity contribution is 7.92. The van der Waals surface area contributed by atoms with Crippen LogP contribution in [0.15, 0.2) is 65.6 Å². The summed E-state index contributed by atoms with van der Waals surface area (Å²) >= 11 is 6.12. The molecule has 0 saturated heterocycles. The number of esters is 1. The lowest BCUT2D eigenvalue weighted by molar-refractivity contribution is 0.0600. The van der Waals surface area contributed by atoms with Gasteiger partial charge in [0.2, 0.25) is 0 Å². The first-order valence-corrected chi connectivity index (χ1v) is 11.1. The van der Waals surface area contributed by atoms with Gasteiger partial charge < -0.3 is 9.30 Å². The van der Waals surface area contributed by atoms with Gasteiger partial charge in [-0.05, 0) is 49.4 Å². The van der Waals surface area contributed by atoms with Crippen LogP contribution in [0.3, 0.4) is 0 Å². The molecule has 4 aromatic rings. The minimum absolute atomic E-state index is 0.0128. The molecule has 0 aliphatic carbocycles. The van der Waals surface area contributed by atoms with Crippen molar-refractivity contribution in [3.8, 4) is 0 Å². The number of carbonyl (C=O) groups is 1. The highest BCUT2D eigenvalue weighted by Crippen LogP contribution is 2.32. The van der Waals surface area contributed by atoms with Crippen molar-refractivity contribution in [1.82, 2.24) is 4.57 Å². The van der Waals surface area contributed by atoms with Gasteiger partial charge in [0.15, 0.2) is 0 Å². The summed E-state index contributed by atoms with van der Waals surface area (Å²) in [6, 6.07) is 17.4. The molecule has 154 valence electrons. The Morgan fingerprint density at radius 1 is 1.03 bits per heavy atom. The Kier molecular flexibility index (Phi) is 5.17. The molecular formula is C22H19ClN2O4S. The van der Waals surface area contributed by atoms with Gasteiger partial charge in [-0.2, -0.15) is 0 Å². The first-order valence-electron chi connectivity index (χ1n) is 9.27. The number of benzene rings is 3. The van der Waals surface area contributed by atoms with E-state index in [4.69, 9.17) is 11.6 Å². The normalized spacial score (nSPS) is 11.7. The Morgan fingerprint density at radius 2 is 1.77 bits per heavy atom. The number of fused-ring (bicyclic) bond motifs is 3. The monoisotopic (exact) mass is 442 g/mol. The van der Waals surface area contributed by atoms with Crippen molar-refractivity contribution in [3.63, 3.8) is 0 Å². The lowest BCUT2D eigenvalue weighted by atomic mass is 10.1. The third-order valence-electron chi connectivity index (χ3n) is 4.98. The second kappa shape index (κ2) is 7.66. The van der Waals surface area contributed by atoms with E-state index in [2.05, 4.69) is 20.9 Å². The first kappa shape index (κ1) is 20.3. The van der Waals surface area contributed by atoms with Crippen molar-refractivity contribution in [3.05, 3.63) is 71.2 Å². The van der Waals surface area contributed by atoms with Crippen LogP contribution in [-0.2, 0) is 21.3 Å². The molecule has 1 N–H and O–H groups in total. The molecule has 1 heterocycles. The summed E-state index contributed by atoms with van der Waals surface area (Å²) in [5.74, 6) is -0.642. The molecule has 1 aromatic heterocycles. The lowest BCUT2D eigenvalue weighted by Gasteiger charge is -2.11. The molecule has 4 rings (SSSR count). The molecular weight excluding hydrogens is 424 g/mol. The van der Waals surface area contributed by atoms with E-state index in [-0.39, 0.29) is 15.5 Å². The number of aryl methyl sites for hydroxylation is 1. The Balaban J connectivity index is 1.79. The Morgan fingerprint density at radius 3 is 2.50 bits per heavy atom. The fourth-order valence-electron chi connectivity index (χ4n) is 3.62. The number of sulfonamides is 1. The van der Waals surface area contributed by atoms with Crippen molar-refractivity contribution < 1.29 is 17.9 Å². The van der Waals surface area contributed by atoms with Gasteiger partial charge in [0.1, 0.15) is 4.90 Å². The summed E-state index contributed by atoms with van der Waals surface area (Å²) < 4.78 is 35.4. The minimum atomic E-state index is -4.03. The molecule has 3 aromatic carbocycles. The smallest absolute Gasteiger partial charge is 0.337 e. The number of nitrogens with one attached hydrogen (secondary N) is 1. The predicted molar refractivity (Wildman–Crippen MR) is 119 cm³/mol. The van der Waals surface area contributed by atoms with Gasteiger partial charge in [-0.1, -0.05) is 29.8 Å². The number of anilines is 1. The molecule has 0 radical (unpaired) electrons. The zero-order valence-corrected chi connectivity index (χ0v) is 17.9. The zero-order chi connectivity index (χ0) is 21.5.